The molecule has 26 heavy (non-hydrogen) atoms. The molecule has 0 radical (unpaired) electrons. The lowest BCUT2D eigenvalue weighted by atomic mass is 10.00. The molecule has 5 nitrogen and oxygen atoms in total. The number of aliphatic imine (C=N–C) groups is 1. The van der Waals surface area contributed by atoms with E-state index in [1.54, 1.807) is 20.8 Å². The second-order valence-electron chi connectivity index (χ2n) is 7.46. The Balaban J connectivity index is 2.03. The van der Waals surface area contributed by atoms with Gasteiger partial charge in [-0.2, -0.15) is 0 Å². The van der Waals surface area contributed by atoms with E-state index in [1.165, 1.54) is 11.1 Å². The van der Waals surface area contributed by atoms with Crippen LogP contribution in [-0.2, 0) is 9.84 Å². The molecule has 2 rings (SSSR count). The maximum atomic E-state index is 12.3. The van der Waals surface area contributed by atoms with Gasteiger partial charge in [0.05, 0.1) is 17.0 Å². The highest BCUT2D eigenvalue weighted by Crippen LogP contribution is 2.22. The summed E-state index contributed by atoms with van der Waals surface area (Å²) in [6.07, 6.45) is 3.19. The lowest BCUT2D eigenvalue weighted by Crippen LogP contribution is -2.44. The minimum atomic E-state index is -3.15. The van der Waals surface area contributed by atoms with E-state index in [4.69, 9.17) is 0 Å². The second kappa shape index (κ2) is 8.71. The van der Waals surface area contributed by atoms with Crippen molar-refractivity contribution < 1.29 is 8.42 Å². The summed E-state index contributed by atoms with van der Waals surface area (Å²) < 4.78 is 23.8. The lowest BCUT2D eigenvalue weighted by molar-refractivity contribution is 0.440. The summed E-state index contributed by atoms with van der Waals surface area (Å²) >= 11 is 0. The third kappa shape index (κ3) is 5.34. The summed E-state index contributed by atoms with van der Waals surface area (Å²) in [6.45, 7) is 9.93. The molecule has 0 fully saturated rings. The molecule has 0 amide bonds. The number of hydrogen-bond acceptors (Lipinski definition) is 3. The maximum absolute atomic E-state index is 12.3. The number of guanidine groups is 1. The standard InChI is InChI=1S/C20H31N3O2S/c1-5-21-19(22-13-16-26(24,25)20(2,3)4)23-14-11-18(12-15-23)17-9-7-6-8-10-17/h6-11H,5,12-16H2,1-4H3,(H,21,22). The largest absolute Gasteiger partial charge is 0.357 e. The van der Waals surface area contributed by atoms with Gasteiger partial charge in [-0.05, 0) is 45.3 Å². The molecule has 1 aliphatic rings. The molecule has 0 saturated heterocycles. The van der Waals surface area contributed by atoms with E-state index in [1.807, 2.05) is 13.0 Å². The number of nitrogens with one attached hydrogen (secondary N) is 1. The Morgan fingerprint density at radius 1 is 1.23 bits per heavy atom. The molecule has 0 atom stereocenters. The number of sulfone groups is 1. The van der Waals surface area contributed by atoms with Crippen molar-refractivity contribution in [3.8, 4) is 0 Å². The Morgan fingerprint density at radius 2 is 1.92 bits per heavy atom. The van der Waals surface area contributed by atoms with Gasteiger partial charge in [-0.15, -0.1) is 0 Å². The molecule has 1 N–H and O–H groups in total. The van der Waals surface area contributed by atoms with E-state index in [0.29, 0.717) is 0 Å². The minimum Gasteiger partial charge on any atom is -0.357 e. The molecule has 1 aliphatic heterocycles. The summed E-state index contributed by atoms with van der Waals surface area (Å²) in [6, 6.07) is 10.4. The molecule has 1 aromatic rings. The molecule has 1 heterocycles. The second-order valence-corrected chi connectivity index (χ2v) is 10.3. The van der Waals surface area contributed by atoms with Gasteiger partial charge < -0.3 is 10.2 Å². The first kappa shape index (κ1) is 20.5. The fourth-order valence-corrected chi connectivity index (χ4v) is 3.72. The molecule has 0 spiro atoms. The van der Waals surface area contributed by atoms with Crippen LogP contribution in [-0.4, -0.2) is 56.0 Å². The zero-order chi connectivity index (χ0) is 19.2. The Hall–Kier alpha value is -1.82. The highest BCUT2D eigenvalue weighted by molar-refractivity contribution is 7.92. The molecule has 6 heteroatoms. The highest BCUT2D eigenvalue weighted by Gasteiger charge is 2.28. The first-order valence-electron chi connectivity index (χ1n) is 9.24. The van der Waals surface area contributed by atoms with E-state index in [-0.39, 0.29) is 12.3 Å². The van der Waals surface area contributed by atoms with Crippen LogP contribution in [0.25, 0.3) is 5.57 Å². The SMILES string of the molecule is CCNC(=NCCS(=O)(=O)C(C)(C)C)N1CC=C(c2ccccc2)CC1. The third-order valence-corrected chi connectivity index (χ3v) is 7.13. The van der Waals surface area contributed by atoms with Crippen molar-refractivity contribution in [3.05, 3.63) is 42.0 Å². The van der Waals surface area contributed by atoms with Crippen LogP contribution >= 0.6 is 0 Å². The van der Waals surface area contributed by atoms with Crippen LogP contribution < -0.4 is 5.32 Å². The highest BCUT2D eigenvalue weighted by atomic mass is 32.2. The summed E-state index contributed by atoms with van der Waals surface area (Å²) in [5, 5.41) is 3.28. The number of benzene rings is 1. The lowest BCUT2D eigenvalue weighted by Gasteiger charge is -2.30. The number of nitrogens with zero attached hydrogens (tertiary/aromatic N) is 2. The van der Waals surface area contributed by atoms with Gasteiger partial charge in [0.25, 0.3) is 0 Å². The van der Waals surface area contributed by atoms with E-state index in [0.717, 1.165) is 32.0 Å². The Labute approximate surface area is 158 Å². The van der Waals surface area contributed by atoms with E-state index < -0.39 is 14.6 Å². The van der Waals surface area contributed by atoms with Gasteiger partial charge >= 0.3 is 0 Å². The van der Waals surface area contributed by atoms with Crippen molar-refractivity contribution in [3.63, 3.8) is 0 Å². The molecular formula is C20H31N3O2S. The molecule has 144 valence electrons. The fourth-order valence-electron chi connectivity index (χ4n) is 2.78. The maximum Gasteiger partial charge on any atom is 0.194 e. The Morgan fingerprint density at radius 3 is 2.46 bits per heavy atom. The predicted octanol–water partition coefficient (Wildman–Crippen LogP) is 2.95. The Kier molecular flexibility index (Phi) is 6.87. The summed E-state index contributed by atoms with van der Waals surface area (Å²) in [7, 11) is -3.15. The van der Waals surface area contributed by atoms with Gasteiger partial charge in [-0.25, -0.2) is 8.42 Å². The van der Waals surface area contributed by atoms with Crippen LogP contribution in [0.15, 0.2) is 41.4 Å². The minimum absolute atomic E-state index is 0.0737. The van der Waals surface area contributed by atoms with Gasteiger partial charge in [0.2, 0.25) is 0 Å². The molecule has 0 bridgehead atoms. The molecular weight excluding hydrogens is 346 g/mol. The zero-order valence-corrected chi connectivity index (χ0v) is 17.1. The van der Waals surface area contributed by atoms with Crippen molar-refractivity contribution in [1.29, 1.82) is 0 Å². The van der Waals surface area contributed by atoms with Crippen molar-refractivity contribution >= 4 is 21.4 Å². The molecule has 1 aromatic carbocycles. The van der Waals surface area contributed by atoms with Gasteiger partial charge in [0.1, 0.15) is 0 Å². The topological polar surface area (TPSA) is 61.8 Å². The first-order valence-corrected chi connectivity index (χ1v) is 10.9. The van der Waals surface area contributed by atoms with Crippen LogP contribution in [0, 0.1) is 0 Å². The van der Waals surface area contributed by atoms with Crippen molar-refractivity contribution in [1.82, 2.24) is 10.2 Å². The van der Waals surface area contributed by atoms with Gasteiger partial charge in [0.15, 0.2) is 15.8 Å². The Bertz CT molecular complexity index is 747. The summed E-state index contributed by atoms with van der Waals surface area (Å²) in [5.41, 5.74) is 2.62. The fraction of sp³-hybridized carbons (Fsp3) is 0.550. The number of hydrogen-bond donors (Lipinski definition) is 1. The first-order chi connectivity index (χ1) is 12.2. The molecule has 0 saturated carbocycles. The van der Waals surface area contributed by atoms with Crippen molar-refractivity contribution in [2.75, 3.05) is 31.9 Å². The third-order valence-electron chi connectivity index (χ3n) is 4.54. The quantitative estimate of drug-likeness (QED) is 0.633. The van der Waals surface area contributed by atoms with Gasteiger partial charge in [-0.3, -0.25) is 4.99 Å². The van der Waals surface area contributed by atoms with E-state index in [9.17, 15) is 8.42 Å². The van der Waals surface area contributed by atoms with Crippen molar-refractivity contribution in [2.24, 2.45) is 4.99 Å². The average Bonchev–Trinajstić information content (AvgIpc) is 2.61. The predicted molar refractivity (Wildman–Crippen MR) is 110 cm³/mol. The monoisotopic (exact) mass is 377 g/mol. The average molecular weight is 378 g/mol. The van der Waals surface area contributed by atoms with Gasteiger partial charge in [-0.1, -0.05) is 36.4 Å². The number of rotatable bonds is 5. The van der Waals surface area contributed by atoms with Crippen LogP contribution in [0.4, 0.5) is 0 Å². The summed E-state index contributed by atoms with van der Waals surface area (Å²) in [5.74, 6) is 0.865. The van der Waals surface area contributed by atoms with E-state index >= 15 is 0 Å². The van der Waals surface area contributed by atoms with Crippen molar-refractivity contribution in [2.45, 2.75) is 38.9 Å². The molecule has 0 aliphatic carbocycles. The van der Waals surface area contributed by atoms with Crippen LogP contribution in [0.1, 0.15) is 39.7 Å². The summed E-state index contributed by atoms with van der Waals surface area (Å²) in [4.78, 5) is 6.74. The normalized spacial score (nSPS) is 16.4. The van der Waals surface area contributed by atoms with Gasteiger partial charge in [0, 0.05) is 19.6 Å². The zero-order valence-electron chi connectivity index (χ0n) is 16.3. The smallest absolute Gasteiger partial charge is 0.194 e. The van der Waals surface area contributed by atoms with Crippen LogP contribution in [0.3, 0.4) is 0 Å². The van der Waals surface area contributed by atoms with Crippen LogP contribution in [0.5, 0.6) is 0 Å². The molecule has 0 unspecified atom stereocenters. The van der Waals surface area contributed by atoms with Crippen LogP contribution in [0.2, 0.25) is 0 Å². The molecule has 0 aromatic heterocycles. The van der Waals surface area contributed by atoms with E-state index in [2.05, 4.69) is 45.6 Å².